The molecule has 1 heterocycles. The molecule has 0 aromatic heterocycles. The average Bonchev–Trinajstić information content (AvgIpc) is 2.58. The Morgan fingerprint density at radius 1 is 1.09 bits per heavy atom. The minimum atomic E-state index is 0.871. The highest BCUT2D eigenvalue weighted by atomic mass is 79.9. The van der Waals surface area contributed by atoms with Gasteiger partial charge in [-0.2, -0.15) is 5.10 Å². The molecule has 3 nitrogen and oxygen atoms in total. The van der Waals surface area contributed by atoms with Crippen LogP contribution in [0.5, 0.6) is 0 Å². The predicted molar refractivity (Wildman–Crippen MR) is 99.2 cm³/mol. The Labute approximate surface area is 150 Å². The lowest BCUT2D eigenvalue weighted by Crippen LogP contribution is -3.13. The fourth-order valence-corrected chi connectivity index (χ4v) is 3.18. The fraction of sp³-hybridized carbons (Fsp3) is 0.278. The normalized spacial score (nSPS) is 16.2. The lowest BCUT2D eigenvalue weighted by atomic mass is 10.2. The van der Waals surface area contributed by atoms with E-state index in [0.717, 1.165) is 47.8 Å². The number of nitrogens with zero attached hydrogens (tertiary/aromatic N) is 2. The lowest BCUT2D eigenvalue weighted by Gasteiger charge is -2.30. The Hall–Kier alpha value is -1.36. The van der Waals surface area contributed by atoms with Crippen molar-refractivity contribution in [1.82, 2.24) is 5.01 Å². The number of rotatable bonds is 4. The van der Waals surface area contributed by atoms with Crippen LogP contribution in [-0.4, -0.2) is 37.4 Å². The van der Waals surface area contributed by atoms with Crippen LogP contribution in [-0.2, 0) is 6.54 Å². The number of halogens is 2. The Balaban J connectivity index is 1.50. The molecule has 1 N–H and O–H groups in total. The molecule has 0 atom stereocenters. The molecule has 1 saturated heterocycles. The number of hydrazone groups is 1. The molecule has 0 amide bonds. The number of hydrogen-bond acceptors (Lipinski definition) is 2. The molecule has 0 radical (unpaired) electrons. The molecule has 1 fully saturated rings. The Morgan fingerprint density at radius 2 is 1.78 bits per heavy atom. The van der Waals surface area contributed by atoms with E-state index in [0.29, 0.717) is 0 Å². The molecule has 0 unspecified atom stereocenters. The second kappa shape index (κ2) is 7.95. The topological polar surface area (TPSA) is 20.0 Å². The molecule has 3 rings (SSSR count). The van der Waals surface area contributed by atoms with E-state index in [4.69, 9.17) is 11.6 Å². The van der Waals surface area contributed by atoms with E-state index in [-0.39, 0.29) is 0 Å². The summed E-state index contributed by atoms with van der Waals surface area (Å²) in [4.78, 5) is 1.56. The van der Waals surface area contributed by atoms with Crippen molar-refractivity contribution < 1.29 is 4.90 Å². The average molecular weight is 394 g/mol. The van der Waals surface area contributed by atoms with E-state index in [9.17, 15) is 0 Å². The smallest absolute Gasteiger partial charge is 0.104 e. The highest BCUT2D eigenvalue weighted by Crippen LogP contribution is 2.13. The Morgan fingerprint density at radius 3 is 2.48 bits per heavy atom. The van der Waals surface area contributed by atoms with Crippen LogP contribution in [0.4, 0.5) is 0 Å². The molecular weight excluding hydrogens is 374 g/mol. The van der Waals surface area contributed by atoms with Gasteiger partial charge in [0.2, 0.25) is 0 Å². The third kappa shape index (κ3) is 4.80. The monoisotopic (exact) mass is 392 g/mol. The van der Waals surface area contributed by atoms with Crippen molar-refractivity contribution in [2.45, 2.75) is 6.54 Å². The van der Waals surface area contributed by atoms with Gasteiger partial charge in [0.05, 0.1) is 32.4 Å². The van der Waals surface area contributed by atoms with Crippen LogP contribution in [0.3, 0.4) is 0 Å². The summed E-state index contributed by atoms with van der Waals surface area (Å²) >= 11 is 9.70. The van der Waals surface area contributed by atoms with Crippen molar-refractivity contribution in [3.8, 4) is 0 Å². The van der Waals surface area contributed by atoms with Crippen molar-refractivity contribution in [2.75, 3.05) is 26.2 Å². The summed E-state index contributed by atoms with van der Waals surface area (Å²) in [5, 5.41) is 7.62. The summed E-state index contributed by atoms with van der Waals surface area (Å²) in [5.74, 6) is 0. The molecule has 0 saturated carbocycles. The van der Waals surface area contributed by atoms with Gasteiger partial charge in [0, 0.05) is 15.1 Å². The number of hydrogen-bond donors (Lipinski definition) is 1. The van der Waals surface area contributed by atoms with E-state index in [1.165, 1.54) is 5.56 Å². The van der Waals surface area contributed by atoms with Crippen molar-refractivity contribution in [1.29, 1.82) is 0 Å². The first kappa shape index (κ1) is 16.5. The van der Waals surface area contributed by atoms with Gasteiger partial charge in [-0.25, -0.2) is 0 Å². The van der Waals surface area contributed by atoms with Gasteiger partial charge >= 0.3 is 0 Å². The molecule has 1 aliphatic rings. The van der Waals surface area contributed by atoms with Gasteiger partial charge in [-0.05, 0) is 23.8 Å². The number of piperazine rings is 1. The van der Waals surface area contributed by atoms with Crippen LogP contribution in [0.2, 0.25) is 5.02 Å². The summed E-state index contributed by atoms with van der Waals surface area (Å²) in [7, 11) is 0. The van der Waals surface area contributed by atoms with Gasteiger partial charge in [-0.1, -0.05) is 57.9 Å². The van der Waals surface area contributed by atoms with Crippen LogP contribution in [0.1, 0.15) is 11.1 Å². The molecule has 2 aromatic rings. The predicted octanol–water partition coefficient (Wildman–Crippen LogP) is 2.84. The van der Waals surface area contributed by atoms with Crippen LogP contribution >= 0.6 is 27.5 Å². The highest BCUT2D eigenvalue weighted by Gasteiger charge is 2.19. The number of nitrogens with one attached hydrogen (secondary N) is 1. The third-order valence-corrected chi connectivity index (χ3v) is 4.98. The summed E-state index contributed by atoms with van der Waals surface area (Å²) < 4.78 is 1.09. The van der Waals surface area contributed by atoms with Gasteiger partial charge in [0.1, 0.15) is 6.54 Å². The van der Waals surface area contributed by atoms with Gasteiger partial charge < -0.3 is 4.90 Å². The molecule has 0 aliphatic carbocycles. The second-order valence-electron chi connectivity index (χ2n) is 5.77. The zero-order valence-electron chi connectivity index (χ0n) is 12.9. The minimum absolute atomic E-state index is 0.871. The first-order chi connectivity index (χ1) is 11.2. The highest BCUT2D eigenvalue weighted by molar-refractivity contribution is 9.10. The van der Waals surface area contributed by atoms with E-state index in [1.807, 2.05) is 30.5 Å². The van der Waals surface area contributed by atoms with Crippen molar-refractivity contribution in [3.63, 3.8) is 0 Å². The zero-order valence-corrected chi connectivity index (χ0v) is 15.2. The van der Waals surface area contributed by atoms with Crippen molar-refractivity contribution in [3.05, 3.63) is 69.2 Å². The summed E-state index contributed by atoms with van der Waals surface area (Å²) in [6.45, 7) is 5.12. The van der Waals surface area contributed by atoms with Crippen molar-refractivity contribution >= 4 is 33.7 Å². The van der Waals surface area contributed by atoms with Gasteiger partial charge in [0.15, 0.2) is 0 Å². The maximum Gasteiger partial charge on any atom is 0.104 e. The second-order valence-corrected chi connectivity index (χ2v) is 7.09. The van der Waals surface area contributed by atoms with Crippen LogP contribution in [0, 0.1) is 0 Å². The number of quaternary nitrogens is 1. The summed E-state index contributed by atoms with van der Waals surface area (Å²) in [5.41, 5.74) is 2.36. The minimum Gasteiger partial charge on any atom is -0.328 e. The van der Waals surface area contributed by atoms with Gasteiger partial charge in [-0.15, -0.1) is 0 Å². The largest absolute Gasteiger partial charge is 0.328 e. The quantitative estimate of drug-likeness (QED) is 0.792. The van der Waals surface area contributed by atoms with E-state index in [1.54, 1.807) is 4.90 Å². The Kier molecular flexibility index (Phi) is 5.70. The number of benzene rings is 2. The van der Waals surface area contributed by atoms with Crippen LogP contribution < -0.4 is 4.90 Å². The summed E-state index contributed by atoms with van der Waals surface area (Å²) in [6.07, 6.45) is 1.94. The zero-order chi connectivity index (χ0) is 16.1. The molecule has 0 bridgehead atoms. The van der Waals surface area contributed by atoms with E-state index in [2.05, 4.69) is 50.3 Å². The van der Waals surface area contributed by atoms with Crippen LogP contribution in [0.25, 0.3) is 0 Å². The molecule has 120 valence electrons. The fourth-order valence-electron chi connectivity index (χ4n) is 2.71. The third-order valence-electron chi connectivity index (χ3n) is 4.09. The van der Waals surface area contributed by atoms with Crippen LogP contribution in [0.15, 0.2) is 58.1 Å². The maximum absolute atomic E-state index is 6.25. The first-order valence-corrected chi connectivity index (χ1v) is 8.99. The maximum atomic E-state index is 6.25. The molecule has 0 spiro atoms. The van der Waals surface area contributed by atoms with E-state index < -0.39 is 0 Å². The molecule has 23 heavy (non-hydrogen) atoms. The van der Waals surface area contributed by atoms with E-state index >= 15 is 0 Å². The Bertz CT molecular complexity index is 664. The summed E-state index contributed by atoms with van der Waals surface area (Å²) in [6, 6.07) is 16.3. The van der Waals surface area contributed by atoms with Gasteiger partial charge in [-0.3, -0.25) is 5.01 Å². The van der Waals surface area contributed by atoms with Gasteiger partial charge in [0.25, 0.3) is 0 Å². The standard InChI is InChI=1S/C18H19BrClN3/c19-17-7-5-15(6-8-17)13-21-23-11-9-22(10-12-23)14-16-3-1-2-4-18(16)20/h1-8,13H,9-12,14H2/p+1/b21-13-. The molecule has 5 heteroatoms. The lowest BCUT2D eigenvalue weighted by molar-refractivity contribution is -0.918. The van der Waals surface area contributed by atoms with Crippen molar-refractivity contribution in [2.24, 2.45) is 5.10 Å². The first-order valence-electron chi connectivity index (χ1n) is 7.82. The SMILES string of the molecule is Clc1ccccc1C[NH+]1CCN(/N=C\c2ccc(Br)cc2)CC1. The molecule has 1 aliphatic heterocycles. The molecular formula is C18H20BrClN3+. The molecule has 2 aromatic carbocycles.